The van der Waals surface area contributed by atoms with Gasteiger partial charge in [0.1, 0.15) is 28.7 Å². The van der Waals surface area contributed by atoms with Crippen molar-refractivity contribution in [3.63, 3.8) is 0 Å². The zero-order valence-electron chi connectivity index (χ0n) is 27.3. The summed E-state index contributed by atoms with van der Waals surface area (Å²) < 4.78 is 38.2. The molecule has 256 valence electrons. The molecule has 0 spiro atoms. The van der Waals surface area contributed by atoms with Gasteiger partial charge in [0.2, 0.25) is 6.79 Å². The number of unbranched alkanes of at least 4 members (excludes halogenated alkanes) is 6. The van der Waals surface area contributed by atoms with Gasteiger partial charge < -0.3 is 33.2 Å². The van der Waals surface area contributed by atoms with E-state index < -0.39 is 11.9 Å². The molecule has 0 saturated heterocycles. The third-order valence-corrected chi connectivity index (χ3v) is 6.84. The first-order valence-electron chi connectivity index (χ1n) is 16.1. The molecule has 10 heteroatoms. The van der Waals surface area contributed by atoms with Gasteiger partial charge in [-0.1, -0.05) is 13.2 Å². The van der Waals surface area contributed by atoms with Gasteiger partial charge in [0.15, 0.2) is 0 Å². The molecule has 10 nitrogen and oxygen atoms in total. The van der Waals surface area contributed by atoms with Gasteiger partial charge in [-0.3, -0.25) is 0 Å². The number of ether oxygens (including phenoxy) is 7. The molecule has 3 aromatic carbocycles. The van der Waals surface area contributed by atoms with E-state index in [2.05, 4.69) is 13.2 Å². The summed E-state index contributed by atoms with van der Waals surface area (Å²) >= 11 is 0. The van der Waals surface area contributed by atoms with Crippen LogP contribution in [0, 0.1) is 0 Å². The fourth-order valence-corrected chi connectivity index (χ4v) is 4.21. The van der Waals surface area contributed by atoms with Crippen molar-refractivity contribution in [2.75, 3.05) is 33.2 Å². The zero-order valence-corrected chi connectivity index (χ0v) is 27.3. The Hall–Kier alpha value is -5.25. The van der Waals surface area contributed by atoms with E-state index in [0.717, 1.165) is 63.2 Å². The molecule has 0 aliphatic carbocycles. The van der Waals surface area contributed by atoms with E-state index in [1.807, 2.05) is 24.3 Å². The summed E-state index contributed by atoms with van der Waals surface area (Å²) in [5.74, 6) is 1.74. The van der Waals surface area contributed by atoms with Crippen molar-refractivity contribution in [3.05, 3.63) is 104 Å². The number of hydrogen-bond acceptors (Lipinski definition) is 10. The molecule has 0 aliphatic rings. The lowest BCUT2D eigenvalue weighted by Gasteiger charge is -2.11. The minimum absolute atomic E-state index is 0.00307. The van der Waals surface area contributed by atoms with Crippen LogP contribution in [0.15, 0.2) is 98.1 Å². The molecule has 0 atom stereocenters. The molecule has 0 unspecified atom stereocenters. The molecular weight excluding hydrogens is 616 g/mol. The maximum Gasteiger partial charge on any atom is 0.343 e. The van der Waals surface area contributed by atoms with Crippen LogP contribution in [0.2, 0.25) is 0 Å². The van der Waals surface area contributed by atoms with Crippen molar-refractivity contribution in [2.24, 2.45) is 0 Å². The highest BCUT2D eigenvalue weighted by Gasteiger charge is 2.09. The second-order valence-corrected chi connectivity index (χ2v) is 10.5. The molecule has 0 saturated carbocycles. The predicted octanol–water partition coefficient (Wildman–Crippen LogP) is 7.66. The van der Waals surface area contributed by atoms with E-state index in [1.54, 1.807) is 48.5 Å². The summed E-state index contributed by atoms with van der Waals surface area (Å²) in [6, 6.07) is 20.8. The topological polar surface area (TPSA) is 116 Å². The van der Waals surface area contributed by atoms with Crippen LogP contribution in [0.3, 0.4) is 0 Å². The largest absolute Gasteiger partial charge is 0.494 e. The third kappa shape index (κ3) is 15.4. The lowest BCUT2D eigenvalue weighted by Crippen LogP contribution is -2.09. The van der Waals surface area contributed by atoms with Crippen LogP contribution in [-0.4, -0.2) is 51.1 Å². The Morgan fingerprint density at radius 2 is 0.812 bits per heavy atom. The Morgan fingerprint density at radius 3 is 1.23 bits per heavy atom. The summed E-state index contributed by atoms with van der Waals surface area (Å²) in [6.45, 7) is 8.70. The van der Waals surface area contributed by atoms with E-state index in [0.29, 0.717) is 55.0 Å². The number of hydrogen-bond donors (Lipinski definition) is 0. The van der Waals surface area contributed by atoms with Crippen LogP contribution >= 0.6 is 0 Å². The fraction of sp³-hybridized carbons (Fsp3) is 0.342. The van der Waals surface area contributed by atoms with E-state index in [4.69, 9.17) is 33.2 Å². The molecule has 0 fully saturated rings. The number of carbonyl (C=O) groups is 3. The number of rotatable bonds is 24. The molecular formula is C38H44O10. The summed E-state index contributed by atoms with van der Waals surface area (Å²) in [5.41, 5.74) is 0.405. The highest BCUT2D eigenvalue weighted by atomic mass is 16.7. The van der Waals surface area contributed by atoms with Crippen molar-refractivity contribution < 1.29 is 47.5 Å². The van der Waals surface area contributed by atoms with Crippen LogP contribution in [0.5, 0.6) is 28.7 Å². The first-order valence-corrected chi connectivity index (χ1v) is 16.1. The Balaban J connectivity index is 1.25. The summed E-state index contributed by atoms with van der Waals surface area (Å²) in [6.07, 6.45) is 9.58. The van der Waals surface area contributed by atoms with E-state index in [9.17, 15) is 14.4 Å². The van der Waals surface area contributed by atoms with Gasteiger partial charge in [-0.05, 0) is 124 Å². The maximum absolute atomic E-state index is 12.6. The summed E-state index contributed by atoms with van der Waals surface area (Å²) in [5, 5.41) is 0. The smallest absolute Gasteiger partial charge is 0.343 e. The van der Waals surface area contributed by atoms with E-state index in [1.165, 1.54) is 6.08 Å². The van der Waals surface area contributed by atoms with Crippen molar-refractivity contribution in [2.45, 2.75) is 51.4 Å². The van der Waals surface area contributed by atoms with Gasteiger partial charge in [-0.15, -0.1) is 0 Å². The van der Waals surface area contributed by atoms with Crippen LogP contribution in [-0.2, 0) is 19.1 Å². The normalized spacial score (nSPS) is 10.3. The maximum atomic E-state index is 12.6. The Labute approximate surface area is 282 Å². The fourth-order valence-electron chi connectivity index (χ4n) is 4.21. The highest BCUT2D eigenvalue weighted by Crippen LogP contribution is 2.22. The van der Waals surface area contributed by atoms with Crippen molar-refractivity contribution >= 4 is 17.9 Å². The third-order valence-electron chi connectivity index (χ3n) is 6.84. The molecule has 48 heavy (non-hydrogen) atoms. The Kier molecular flexibility index (Phi) is 17.3. The molecule has 0 aromatic heterocycles. The van der Waals surface area contributed by atoms with Gasteiger partial charge in [0.25, 0.3) is 0 Å². The first-order chi connectivity index (χ1) is 23.5. The standard InChI is InChI=1S/C38H44O10/c1-3-36(39)44-27-11-7-5-9-25-42-31-15-13-30(14-16-31)38(41)48-35-23-21-34(22-24-35)47-29-46-33-19-17-32(18-20-33)43-26-10-6-8-12-28-45-37(40)4-2/h3-4,13-24H,1-2,5-12,25-29H2. The van der Waals surface area contributed by atoms with Gasteiger partial charge >= 0.3 is 17.9 Å². The van der Waals surface area contributed by atoms with Gasteiger partial charge in [0.05, 0.1) is 32.0 Å². The Bertz CT molecular complexity index is 1400. The second-order valence-electron chi connectivity index (χ2n) is 10.5. The summed E-state index contributed by atoms with van der Waals surface area (Å²) in [7, 11) is 0. The lowest BCUT2D eigenvalue weighted by molar-refractivity contribution is -0.138. The van der Waals surface area contributed by atoms with Crippen LogP contribution < -0.4 is 23.7 Å². The number of esters is 3. The molecule has 0 amide bonds. The van der Waals surface area contributed by atoms with Gasteiger partial charge in [-0.25, -0.2) is 14.4 Å². The van der Waals surface area contributed by atoms with E-state index >= 15 is 0 Å². The molecule has 0 heterocycles. The Morgan fingerprint density at radius 1 is 0.458 bits per heavy atom. The minimum Gasteiger partial charge on any atom is -0.494 e. The van der Waals surface area contributed by atoms with Crippen LogP contribution in [0.1, 0.15) is 61.7 Å². The van der Waals surface area contributed by atoms with Crippen molar-refractivity contribution in [1.29, 1.82) is 0 Å². The first kappa shape index (κ1) is 37.2. The van der Waals surface area contributed by atoms with E-state index in [-0.39, 0.29) is 12.8 Å². The average molecular weight is 661 g/mol. The zero-order chi connectivity index (χ0) is 34.2. The summed E-state index contributed by atoms with van der Waals surface area (Å²) in [4.78, 5) is 34.6. The average Bonchev–Trinajstić information content (AvgIpc) is 3.11. The number of benzene rings is 3. The molecule has 3 aromatic rings. The van der Waals surface area contributed by atoms with Crippen LogP contribution in [0.25, 0.3) is 0 Å². The second kappa shape index (κ2) is 22.3. The SMILES string of the molecule is C=CC(=O)OCCCCCCOc1ccc(OCOc2ccc(OC(=O)c3ccc(OCCCCCCOC(=O)C=C)cc3)cc2)cc1. The molecule has 0 aliphatic heterocycles. The van der Waals surface area contributed by atoms with Gasteiger partial charge in [0, 0.05) is 12.2 Å². The predicted molar refractivity (Wildman–Crippen MR) is 181 cm³/mol. The minimum atomic E-state index is -0.480. The molecule has 0 radical (unpaired) electrons. The monoisotopic (exact) mass is 660 g/mol. The highest BCUT2D eigenvalue weighted by molar-refractivity contribution is 5.91. The van der Waals surface area contributed by atoms with Gasteiger partial charge in [-0.2, -0.15) is 0 Å². The van der Waals surface area contributed by atoms with Crippen molar-refractivity contribution in [1.82, 2.24) is 0 Å². The lowest BCUT2D eigenvalue weighted by atomic mass is 10.2. The quantitative estimate of drug-likeness (QED) is 0.0312. The van der Waals surface area contributed by atoms with Crippen molar-refractivity contribution in [3.8, 4) is 28.7 Å². The molecule has 3 rings (SSSR count). The molecule has 0 N–H and O–H groups in total. The molecule has 0 bridgehead atoms. The van der Waals surface area contributed by atoms with Crippen LogP contribution in [0.4, 0.5) is 0 Å². The number of carbonyl (C=O) groups excluding carboxylic acids is 3.